The van der Waals surface area contributed by atoms with Gasteiger partial charge >= 0.3 is 5.97 Å². The maximum absolute atomic E-state index is 12.1. The highest BCUT2D eigenvalue weighted by Crippen LogP contribution is 2.38. The Labute approximate surface area is 234 Å². The maximum Gasteiger partial charge on any atom is 0.303 e. The van der Waals surface area contributed by atoms with E-state index in [1.54, 1.807) is 12.1 Å². The Morgan fingerprint density at radius 1 is 1.00 bits per heavy atom. The van der Waals surface area contributed by atoms with Gasteiger partial charge in [0, 0.05) is 61.9 Å². The topological polar surface area (TPSA) is 121 Å². The Balaban J connectivity index is 1.41. The molecule has 0 unspecified atom stereocenters. The predicted molar refractivity (Wildman–Crippen MR) is 150 cm³/mol. The van der Waals surface area contributed by atoms with Gasteiger partial charge in [0.2, 0.25) is 5.91 Å². The minimum absolute atomic E-state index is 0.0102. The summed E-state index contributed by atoms with van der Waals surface area (Å²) in [6.45, 7) is 1.56. The molecule has 9 heteroatoms. The van der Waals surface area contributed by atoms with Crippen LogP contribution in [0.5, 0.6) is 0 Å². The number of rotatable bonds is 13. The first-order valence-electron chi connectivity index (χ1n) is 13.6. The molecule has 1 aromatic heterocycles. The van der Waals surface area contributed by atoms with E-state index >= 15 is 0 Å². The summed E-state index contributed by atoms with van der Waals surface area (Å²) < 4.78 is 12.8. The summed E-state index contributed by atoms with van der Waals surface area (Å²) in [5.74, 6) is -1.13. The van der Waals surface area contributed by atoms with Crippen molar-refractivity contribution in [3.8, 4) is 0 Å². The molecule has 1 amide bonds. The third kappa shape index (κ3) is 8.96. The van der Waals surface area contributed by atoms with Crippen LogP contribution in [-0.2, 0) is 32.1 Å². The fourth-order valence-electron chi connectivity index (χ4n) is 4.67. The lowest BCUT2D eigenvalue weighted by atomic mass is 9.99. The average Bonchev–Trinajstić information content (AvgIpc) is 2.96. The smallest absolute Gasteiger partial charge is 0.303 e. The molecule has 3 N–H and O–H groups in total. The highest BCUT2D eigenvalue weighted by atomic mass is 16.7. The maximum atomic E-state index is 12.1. The number of aliphatic hydroxyl groups excluding tert-OH is 1. The summed E-state index contributed by atoms with van der Waals surface area (Å²) in [4.78, 5) is 29.5. The predicted octanol–water partition coefficient (Wildman–Crippen LogP) is 4.49. The first-order valence-corrected chi connectivity index (χ1v) is 13.6. The molecule has 0 radical (unpaired) electrons. The highest BCUT2D eigenvalue weighted by molar-refractivity contribution is 5.90. The number of likely N-dealkylation sites (N-methyl/N-ethyl adjacent to an activating group) is 1. The summed E-state index contributed by atoms with van der Waals surface area (Å²) in [6.07, 6.45) is 2.89. The monoisotopic (exact) mass is 547 g/mol. The molecule has 3 aromatic rings. The minimum Gasteiger partial charge on any atom is -0.481 e. The van der Waals surface area contributed by atoms with Crippen molar-refractivity contribution in [2.24, 2.45) is 0 Å². The van der Waals surface area contributed by atoms with Crippen LogP contribution in [0.15, 0.2) is 72.9 Å². The van der Waals surface area contributed by atoms with Crippen molar-refractivity contribution < 1.29 is 29.3 Å². The molecule has 1 saturated heterocycles. The van der Waals surface area contributed by atoms with E-state index in [9.17, 15) is 14.7 Å². The van der Waals surface area contributed by atoms with Gasteiger partial charge in [-0.05, 0) is 48.9 Å². The molecule has 0 spiro atoms. The number of ether oxygens (including phenoxy) is 2. The number of carbonyl (C=O) groups is 2. The molecule has 4 rings (SSSR count). The number of benzene rings is 2. The zero-order valence-electron chi connectivity index (χ0n) is 22.7. The molecular weight excluding hydrogens is 510 g/mol. The number of carboxylic acids is 1. The van der Waals surface area contributed by atoms with E-state index < -0.39 is 12.3 Å². The van der Waals surface area contributed by atoms with Crippen molar-refractivity contribution in [1.29, 1.82) is 0 Å². The molecule has 2 aromatic carbocycles. The second-order valence-electron chi connectivity index (χ2n) is 10.1. The molecule has 0 aliphatic carbocycles. The number of aliphatic hydroxyl groups is 1. The van der Waals surface area contributed by atoms with E-state index in [2.05, 4.69) is 22.2 Å². The van der Waals surface area contributed by atoms with Crippen LogP contribution in [-0.4, -0.2) is 58.2 Å². The summed E-state index contributed by atoms with van der Waals surface area (Å²) in [6, 6.07) is 21.1. The normalized spacial score (nSPS) is 18.9. The lowest BCUT2D eigenvalue weighted by molar-refractivity contribution is -0.252. The van der Waals surface area contributed by atoms with Crippen molar-refractivity contribution in [1.82, 2.24) is 9.88 Å². The fraction of sp³-hybridized carbons (Fsp3) is 0.387. The standard InChI is InChI=1S/C31H37N3O6/c1-34(18-16-25-5-2-3-17-32-25)20-27-19-28(23-10-8-22(21-35)9-11-23)40-31(39-27)24-12-14-26(15-13-24)33-29(36)6-4-7-30(37)38/h2-3,5,8-15,17,27-28,31,35H,4,6-7,16,18-21H2,1H3,(H,33,36)(H,37,38)/t27-,28+,31+/m0/s1. The van der Waals surface area contributed by atoms with Crippen LogP contribution < -0.4 is 5.32 Å². The average molecular weight is 548 g/mol. The highest BCUT2D eigenvalue weighted by Gasteiger charge is 2.32. The number of nitrogens with zero attached hydrogens (tertiary/aromatic N) is 2. The molecule has 1 aliphatic heterocycles. The summed E-state index contributed by atoms with van der Waals surface area (Å²) in [7, 11) is 2.08. The second kappa shape index (κ2) is 14.7. The molecule has 9 nitrogen and oxygen atoms in total. The van der Waals surface area contributed by atoms with Gasteiger partial charge in [-0.1, -0.05) is 42.5 Å². The fourth-order valence-corrected chi connectivity index (χ4v) is 4.67. The third-order valence-electron chi connectivity index (χ3n) is 6.87. The molecule has 40 heavy (non-hydrogen) atoms. The summed E-state index contributed by atoms with van der Waals surface area (Å²) >= 11 is 0. The number of carbonyl (C=O) groups excluding carboxylic acids is 1. The van der Waals surface area contributed by atoms with Crippen molar-refractivity contribution in [2.75, 3.05) is 25.5 Å². The number of amides is 1. The quantitative estimate of drug-likeness (QED) is 0.286. The van der Waals surface area contributed by atoms with Crippen LogP contribution >= 0.6 is 0 Å². The Morgan fingerprint density at radius 3 is 2.42 bits per heavy atom. The van der Waals surface area contributed by atoms with Crippen LogP contribution in [0.2, 0.25) is 0 Å². The van der Waals surface area contributed by atoms with Gasteiger partial charge in [0.25, 0.3) is 0 Å². The van der Waals surface area contributed by atoms with Gasteiger partial charge in [-0.3, -0.25) is 14.6 Å². The van der Waals surface area contributed by atoms with Gasteiger partial charge in [-0.15, -0.1) is 0 Å². The first-order chi connectivity index (χ1) is 19.4. The van der Waals surface area contributed by atoms with E-state index in [1.165, 1.54) is 0 Å². The van der Waals surface area contributed by atoms with Gasteiger partial charge in [-0.25, -0.2) is 0 Å². The number of hydrogen-bond donors (Lipinski definition) is 3. The molecule has 3 atom stereocenters. The number of carboxylic acid groups (broad SMARTS) is 1. The van der Waals surface area contributed by atoms with Gasteiger partial charge < -0.3 is 29.9 Å². The molecular formula is C31H37N3O6. The zero-order chi connectivity index (χ0) is 28.3. The van der Waals surface area contributed by atoms with E-state index in [0.29, 0.717) is 18.5 Å². The SMILES string of the molecule is CN(CCc1ccccn1)C[C@@H]1C[C@H](c2ccc(CO)cc2)O[C@H](c2ccc(NC(=O)CCCC(=O)O)cc2)O1. The molecule has 0 saturated carbocycles. The largest absolute Gasteiger partial charge is 0.481 e. The first kappa shape index (κ1) is 29.4. The van der Waals surface area contributed by atoms with Crippen LogP contribution in [0, 0.1) is 0 Å². The number of nitrogens with one attached hydrogen (secondary N) is 1. The lowest BCUT2D eigenvalue weighted by Gasteiger charge is -2.38. The third-order valence-corrected chi connectivity index (χ3v) is 6.87. The minimum atomic E-state index is -0.912. The van der Waals surface area contributed by atoms with Crippen LogP contribution in [0.1, 0.15) is 60.5 Å². The van der Waals surface area contributed by atoms with Crippen molar-refractivity contribution in [3.05, 3.63) is 95.3 Å². The Kier molecular flexibility index (Phi) is 10.8. The molecule has 1 aliphatic rings. The lowest BCUT2D eigenvalue weighted by Crippen LogP contribution is -2.38. The number of pyridine rings is 1. The van der Waals surface area contributed by atoms with Crippen LogP contribution in [0.25, 0.3) is 0 Å². The van der Waals surface area contributed by atoms with Crippen molar-refractivity contribution in [3.63, 3.8) is 0 Å². The molecule has 0 bridgehead atoms. The van der Waals surface area contributed by atoms with Crippen molar-refractivity contribution >= 4 is 17.6 Å². The van der Waals surface area contributed by atoms with Gasteiger partial charge in [0.1, 0.15) is 0 Å². The molecule has 212 valence electrons. The van der Waals surface area contributed by atoms with E-state index in [-0.39, 0.29) is 37.6 Å². The Bertz CT molecular complexity index is 1220. The molecule has 2 heterocycles. The number of aliphatic carboxylic acids is 1. The van der Waals surface area contributed by atoms with E-state index in [0.717, 1.165) is 41.9 Å². The van der Waals surface area contributed by atoms with Crippen molar-refractivity contribution in [2.45, 2.75) is 57.2 Å². The number of hydrogen-bond acceptors (Lipinski definition) is 7. The van der Waals surface area contributed by atoms with Crippen LogP contribution in [0.3, 0.4) is 0 Å². The second-order valence-corrected chi connectivity index (χ2v) is 10.1. The van der Waals surface area contributed by atoms with E-state index in [4.69, 9.17) is 14.6 Å². The molecule has 1 fully saturated rings. The Morgan fingerprint density at radius 2 is 1.75 bits per heavy atom. The number of anilines is 1. The van der Waals surface area contributed by atoms with Gasteiger partial charge in [0.15, 0.2) is 6.29 Å². The number of aromatic nitrogens is 1. The van der Waals surface area contributed by atoms with E-state index in [1.807, 2.05) is 60.8 Å². The zero-order valence-corrected chi connectivity index (χ0v) is 22.7. The summed E-state index contributed by atoms with van der Waals surface area (Å²) in [5.41, 5.74) is 4.38. The van der Waals surface area contributed by atoms with Gasteiger partial charge in [-0.2, -0.15) is 0 Å². The summed E-state index contributed by atoms with van der Waals surface area (Å²) in [5, 5.41) is 21.0. The van der Waals surface area contributed by atoms with Gasteiger partial charge in [0.05, 0.1) is 18.8 Å². The Hall–Kier alpha value is -3.63. The van der Waals surface area contributed by atoms with Crippen LogP contribution in [0.4, 0.5) is 5.69 Å².